The molecule has 4 N–H and O–H groups in total. The molecule has 0 saturated carbocycles. The van der Waals surface area contributed by atoms with Gasteiger partial charge in [-0.3, -0.25) is 4.79 Å². The van der Waals surface area contributed by atoms with Gasteiger partial charge in [0.25, 0.3) is 5.91 Å². The maximum atomic E-state index is 12.3. The van der Waals surface area contributed by atoms with Crippen LogP contribution in [0.2, 0.25) is 5.02 Å². The van der Waals surface area contributed by atoms with Crippen molar-refractivity contribution < 1.29 is 19.1 Å². The smallest absolute Gasteiger partial charge is 0.336 e. The number of halogens is 1. The highest BCUT2D eigenvalue weighted by Gasteiger charge is 2.22. The Morgan fingerprint density at radius 3 is 2.70 bits per heavy atom. The molecule has 0 spiro atoms. The second-order valence-corrected chi connectivity index (χ2v) is 5.08. The van der Waals surface area contributed by atoms with Crippen LogP contribution in [-0.2, 0) is 0 Å². The molecule has 0 atom stereocenters. The number of nitrogen functional groups attached to an aromatic ring is 1. The molecule has 0 bridgehead atoms. The third kappa shape index (κ3) is 2.69. The molecule has 2 heterocycles. The molecular formula is C15H10ClN3O4. The van der Waals surface area contributed by atoms with Crippen molar-refractivity contribution in [1.82, 2.24) is 4.98 Å². The minimum atomic E-state index is -1.16. The number of anilines is 2. The molecule has 0 saturated heterocycles. The summed E-state index contributed by atoms with van der Waals surface area (Å²) >= 11 is 5.72. The molecule has 0 aliphatic carbocycles. The van der Waals surface area contributed by atoms with E-state index in [1.165, 1.54) is 30.5 Å². The second-order valence-electron chi connectivity index (χ2n) is 4.64. The van der Waals surface area contributed by atoms with E-state index in [-0.39, 0.29) is 33.8 Å². The number of carbonyl (C=O) groups excluding carboxylic acids is 1. The summed E-state index contributed by atoms with van der Waals surface area (Å²) in [6.45, 7) is 0. The third-order valence-electron chi connectivity index (χ3n) is 3.16. The van der Waals surface area contributed by atoms with E-state index in [0.717, 1.165) is 0 Å². The van der Waals surface area contributed by atoms with E-state index in [1.807, 2.05) is 0 Å². The quantitative estimate of drug-likeness (QED) is 0.678. The van der Waals surface area contributed by atoms with Gasteiger partial charge in [-0.25, -0.2) is 9.78 Å². The molecule has 8 heteroatoms. The summed E-state index contributed by atoms with van der Waals surface area (Å²) in [6, 6.07) is 7.52. The monoisotopic (exact) mass is 331 g/mol. The highest BCUT2D eigenvalue weighted by atomic mass is 35.5. The Morgan fingerprint density at radius 2 is 2.04 bits per heavy atom. The summed E-state index contributed by atoms with van der Waals surface area (Å²) in [5, 5.41) is 12.3. The number of benzene rings is 1. The summed E-state index contributed by atoms with van der Waals surface area (Å²) < 4.78 is 5.39. The zero-order chi connectivity index (χ0) is 16.6. The minimum absolute atomic E-state index is 0.0348. The van der Waals surface area contributed by atoms with Crippen LogP contribution in [-0.4, -0.2) is 22.0 Å². The number of nitrogens with zero attached hydrogens (tertiary/aromatic N) is 1. The molecule has 7 nitrogen and oxygen atoms in total. The molecule has 2 aromatic heterocycles. The molecular weight excluding hydrogens is 322 g/mol. The number of nitrogens with one attached hydrogen (secondary N) is 1. The number of aromatic nitrogens is 1. The maximum absolute atomic E-state index is 12.3. The fraction of sp³-hybridized carbons (Fsp3) is 0. The van der Waals surface area contributed by atoms with E-state index in [2.05, 4.69) is 10.3 Å². The number of hydrogen-bond donors (Lipinski definition) is 3. The SMILES string of the molecule is Nc1c(C(=O)Nc2ccc(Cl)cn2)oc2cccc(C(=O)O)c12. The van der Waals surface area contributed by atoms with E-state index in [0.29, 0.717) is 5.02 Å². The first kappa shape index (κ1) is 14.9. The van der Waals surface area contributed by atoms with Crippen molar-refractivity contribution in [3.63, 3.8) is 0 Å². The number of nitrogens with two attached hydrogens (primary N) is 1. The van der Waals surface area contributed by atoms with E-state index in [9.17, 15) is 14.7 Å². The largest absolute Gasteiger partial charge is 0.478 e. The zero-order valence-electron chi connectivity index (χ0n) is 11.5. The summed E-state index contributed by atoms with van der Waals surface area (Å²) in [5.41, 5.74) is 6.04. The highest BCUT2D eigenvalue weighted by Crippen LogP contribution is 2.31. The summed E-state index contributed by atoms with van der Waals surface area (Å²) in [4.78, 5) is 27.4. The Balaban J connectivity index is 2.01. The lowest BCUT2D eigenvalue weighted by molar-refractivity contribution is 0.0698. The van der Waals surface area contributed by atoms with E-state index in [4.69, 9.17) is 21.8 Å². The molecule has 3 aromatic rings. The van der Waals surface area contributed by atoms with Crippen molar-refractivity contribution >= 4 is 46.0 Å². The van der Waals surface area contributed by atoms with E-state index >= 15 is 0 Å². The number of hydrogen-bond acceptors (Lipinski definition) is 5. The first-order valence-corrected chi connectivity index (χ1v) is 6.82. The van der Waals surface area contributed by atoms with Crippen molar-refractivity contribution in [1.29, 1.82) is 0 Å². The Kier molecular flexibility index (Phi) is 3.63. The van der Waals surface area contributed by atoms with Crippen LogP contribution >= 0.6 is 11.6 Å². The predicted molar refractivity (Wildman–Crippen MR) is 84.8 cm³/mol. The number of aromatic carboxylic acids is 1. The molecule has 1 aromatic carbocycles. The van der Waals surface area contributed by atoms with Crippen molar-refractivity contribution in [3.8, 4) is 0 Å². The van der Waals surface area contributed by atoms with Gasteiger partial charge in [0.15, 0.2) is 0 Å². The molecule has 0 aliphatic heterocycles. The Bertz CT molecular complexity index is 918. The second kappa shape index (κ2) is 5.62. The van der Waals surface area contributed by atoms with Gasteiger partial charge >= 0.3 is 5.97 Å². The van der Waals surface area contributed by atoms with E-state index < -0.39 is 11.9 Å². The number of carbonyl (C=O) groups is 2. The van der Waals surface area contributed by atoms with Crippen LogP contribution in [0.5, 0.6) is 0 Å². The standard InChI is InChI=1S/C15H10ClN3O4/c16-7-4-5-10(18-6-7)19-14(20)13-12(17)11-8(15(21)22)2-1-3-9(11)23-13/h1-6H,17H2,(H,21,22)(H,18,19,20). The Morgan fingerprint density at radius 1 is 1.26 bits per heavy atom. The summed E-state index contributed by atoms with van der Waals surface area (Å²) in [6.07, 6.45) is 1.38. The fourth-order valence-corrected chi connectivity index (χ4v) is 2.25. The molecule has 0 aliphatic rings. The number of furan rings is 1. The van der Waals surface area contributed by atoms with Gasteiger partial charge < -0.3 is 20.6 Å². The van der Waals surface area contributed by atoms with Crippen LogP contribution in [0.15, 0.2) is 40.9 Å². The number of carboxylic acids is 1. The molecule has 116 valence electrons. The first-order chi connectivity index (χ1) is 11.0. The van der Waals surface area contributed by atoms with Gasteiger partial charge in [0, 0.05) is 6.20 Å². The number of rotatable bonds is 3. The zero-order valence-corrected chi connectivity index (χ0v) is 12.3. The van der Waals surface area contributed by atoms with Crippen molar-refractivity contribution in [2.75, 3.05) is 11.1 Å². The number of carboxylic acid groups (broad SMARTS) is 1. The van der Waals surface area contributed by atoms with E-state index in [1.54, 1.807) is 6.07 Å². The topological polar surface area (TPSA) is 118 Å². The van der Waals surface area contributed by atoms with Gasteiger partial charge in [-0.1, -0.05) is 17.7 Å². The number of fused-ring (bicyclic) bond motifs is 1. The molecule has 0 unspecified atom stereocenters. The first-order valence-electron chi connectivity index (χ1n) is 6.44. The van der Waals surface area contributed by atoms with Crippen LogP contribution in [0.3, 0.4) is 0 Å². The predicted octanol–water partition coefficient (Wildman–Crippen LogP) is 3.01. The van der Waals surface area contributed by atoms with Gasteiger partial charge in [-0.05, 0) is 24.3 Å². The van der Waals surface area contributed by atoms with Gasteiger partial charge in [0.2, 0.25) is 5.76 Å². The Hall–Kier alpha value is -3.06. The van der Waals surface area contributed by atoms with Crippen LogP contribution in [0.4, 0.5) is 11.5 Å². The summed E-state index contributed by atoms with van der Waals surface area (Å²) in [7, 11) is 0. The summed E-state index contributed by atoms with van der Waals surface area (Å²) in [5.74, 6) is -1.71. The lowest BCUT2D eigenvalue weighted by Gasteiger charge is -2.02. The normalized spacial score (nSPS) is 10.7. The molecule has 23 heavy (non-hydrogen) atoms. The lowest BCUT2D eigenvalue weighted by atomic mass is 10.1. The maximum Gasteiger partial charge on any atom is 0.336 e. The lowest BCUT2D eigenvalue weighted by Crippen LogP contribution is -2.13. The number of amides is 1. The van der Waals surface area contributed by atoms with Crippen LogP contribution in [0, 0.1) is 0 Å². The van der Waals surface area contributed by atoms with Crippen LogP contribution < -0.4 is 11.1 Å². The van der Waals surface area contributed by atoms with Crippen molar-refractivity contribution in [2.24, 2.45) is 0 Å². The van der Waals surface area contributed by atoms with Gasteiger partial charge in [-0.15, -0.1) is 0 Å². The average molecular weight is 332 g/mol. The number of pyridine rings is 1. The van der Waals surface area contributed by atoms with Crippen LogP contribution in [0.1, 0.15) is 20.9 Å². The Labute approximate surface area is 134 Å². The molecule has 0 radical (unpaired) electrons. The fourth-order valence-electron chi connectivity index (χ4n) is 2.14. The molecule has 3 rings (SSSR count). The van der Waals surface area contributed by atoms with Gasteiger partial charge in [-0.2, -0.15) is 0 Å². The minimum Gasteiger partial charge on any atom is -0.478 e. The average Bonchev–Trinajstić information content (AvgIpc) is 2.87. The van der Waals surface area contributed by atoms with Gasteiger partial charge in [0.1, 0.15) is 11.4 Å². The van der Waals surface area contributed by atoms with Crippen molar-refractivity contribution in [3.05, 3.63) is 52.9 Å². The molecule has 1 amide bonds. The van der Waals surface area contributed by atoms with Crippen molar-refractivity contribution in [2.45, 2.75) is 0 Å². The molecule has 0 fully saturated rings. The highest BCUT2D eigenvalue weighted by molar-refractivity contribution is 6.30. The third-order valence-corrected chi connectivity index (χ3v) is 3.38. The van der Waals surface area contributed by atoms with Gasteiger partial charge in [0.05, 0.1) is 21.7 Å². The van der Waals surface area contributed by atoms with Crippen LogP contribution in [0.25, 0.3) is 11.0 Å².